The van der Waals surface area contributed by atoms with Crippen LogP contribution >= 0.6 is 0 Å². The third-order valence-corrected chi connectivity index (χ3v) is 4.10. The predicted molar refractivity (Wildman–Crippen MR) is 93.2 cm³/mol. The summed E-state index contributed by atoms with van der Waals surface area (Å²) in [6.07, 6.45) is 0. The largest absolute Gasteiger partial charge is 0.330 e. The van der Waals surface area contributed by atoms with Gasteiger partial charge in [0.1, 0.15) is 11.6 Å². The summed E-state index contributed by atoms with van der Waals surface area (Å²) in [4.78, 5) is 14.3. The normalized spacial score (nSPS) is 10.7. The van der Waals surface area contributed by atoms with Crippen molar-refractivity contribution in [3.8, 4) is 0 Å². The number of nitrogens with zero attached hydrogens (tertiary/aromatic N) is 1. The minimum Gasteiger partial charge on any atom is -0.330 e. The Kier molecular flexibility index (Phi) is 4.89. The van der Waals surface area contributed by atoms with Crippen LogP contribution in [0.1, 0.15) is 27.5 Å². The molecular formula is C21H17F2NO. The Morgan fingerprint density at radius 3 is 1.84 bits per heavy atom. The van der Waals surface area contributed by atoms with Crippen LogP contribution in [-0.2, 0) is 0 Å². The highest BCUT2D eigenvalue weighted by atomic mass is 19.1. The fraction of sp³-hybridized carbons (Fsp3) is 0.0952. The number of hydrogen-bond donors (Lipinski definition) is 0. The monoisotopic (exact) mass is 337 g/mol. The molecule has 126 valence electrons. The molecule has 0 radical (unpaired) electrons. The number of benzene rings is 3. The molecule has 3 aromatic rings. The van der Waals surface area contributed by atoms with E-state index in [9.17, 15) is 13.6 Å². The molecule has 3 rings (SSSR count). The summed E-state index contributed by atoms with van der Waals surface area (Å²) in [7, 11) is 1.62. The number of hydrogen-bond acceptors (Lipinski definition) is 1. The van der Waals surface area contributed by atoms with Crippen molar-refractivity contribution in [3.05, 3.63) is 107 Å². The van der Waals surface area contributed by atoms with Crippen molar-refractivity contribution < 1.29 is 13.6 Å². The topological polar surface area (TPSA) is 20.3 Å². The molecule has 0 aromatic heterocycles. The average Bonchev–Trinajstić information content (AvgIpc) is 2.63. The van der Waals surface area contributed by atoms with E-state index in [2.05, 4.69) is 0 Å². The van der Waals surface area contributed by atoms with Gasteiger partial charge in [-0.15, -0.1) is 0 Å². The summed E-state index contributed by atoms with van der Waals surface area (Å²) < 4.78 is 27.2. The third kappa shape index (κ3) is 3.58. The van der Waals surface area contributed by atoms with E-state index in [1.807, 2.05) is 60.7 Å². The van der Waals surface area contributed by atoms with Crippen LogP contribution in [0, 0.1) is 11.6 Å². The van der Waals surface area contributed by atoms with E-state index >= 15 is 0 Å². The van der Waals surface area contributed by atoms with Gasteiger partial charge in [-0.1, -0.05) is 60.7 Å². The zero-order valence-electron chi connectivity index (χ0n) is 13.7. The first-order valence-electron chi connectivity index (χ1n) is 7.90. The van der Waals surface area contributed by atoms with Crippen molar-refractivity contribution in [2.24, 2.45) is 0 Å². The van der Waals surface area contributed by atoms with Crippen molar-refractivity contribution in [2.75, 3.05) is 7.05 Å². The van der Waals surface area contributed by atoms with Gasteiger partial charge in [0.25, 0.3) is 5.91 Å². The van der Waals surface area contributed by atoms with Gasteiger partial charge in [-0.25, -0.2) is 8.78 Å². The Balaban J connectivity index is 2.02. The molecule has 0 saturated carbocycles. The van der Waals surface area contributed by atoms with Crippen LogP contribution < -0.4 is 0 Å². The van der Waals surface area contributed by atoms with E-state index in [0.717, 1.165) is 23.3 Å². The second-order valence-electron chi connectivity index (χ2n) is 5.76. The van der Waals surface area contributed by atoms with E-state index in [-0.39, 0.29) is 11.6 Å². The van der Waals surface area contributed by atoms with E-state index < -0.39 is 17.5 Å². The molecule has 0 heterocycles. The quantitative estimate of drug-likeness (QED) is 0.668. The summed E-state index contributed by atoms with van der Waals surface area (Å²) >= 11 is 0. The van der Waals surface area contributed by atoms with Crippen LogP contribution in [0.15, 0.2) is 78.9 Å². The maximum absolute atomic E-state index is 14.0. The Morgan fingerprint density at radius 1 is 0.840 bits per heavy atom. The first-order valence-corrected chi connectivity index (χ1v) is 7.90. The molecule has 25 heavy (non-hydrogen) atoms. The summed E-state index contributed by atoms with van der Waals surface area (Å²) in [5, 5.41) is 0. The van der Waals surface area contributed by atoms with Crippen LogP contribution in [0.2, 0.25) is 0 Å². The van der Waals surface area contributed by atoms with Gasteiger partial charge in [-0.3, -0.25) is 4.79 Å². The lowest BCUT2D eigenvalue weighted by atomic mass is 9.97. The summed E-state index contributed by atoms with van der Waals surface area (Å²) in [6.45, 7) is 0. The van der Waals surface area contributed by atoms with Gasteiger partial charge in [0.05, 0.1) is 11.6 Å². The Hall–Kier alpha value is -3.01. The minimum absolute atomic E-state index is 0.152. The van der Waals surface area contributed by atoms with Crippen molar-refractivity contribution in [3.63, 3.8) is 0 Å². The average molecular weight is 337 g/mol. The number of carbonyl (C=O) groups is 1. The minimum atomic E-state index is -0.864. The molecule has 0 N–H and O–H groups in total. The van der Waals surface area contributed by atoms with Crippen LogP contribution in [0.5, 0.6) is 0 Å². The van der Waals surface area contributed by atoms with Gasteiger partial charge in [0, 0.05) is 13.1 Å². The lowest BCUT2D eigenvalue weighted by Crippen LogP contribution is -2.32. The summed E-state index contributed by atoms with van der Waals surface area (Å²) in [6, 6.07) is 21.6. The lowest BCUT2D eigenvalue weighted by Gasteiger charge is -2.29. The van der Waals surface area contributed by atoms with Crippen molar-refractivity contribution in [2.45, 2.75) is 6.04 Å². The van der Waals surface area contributed by atoms with Gasteiger partial charge in [0.2, 0.25) is 0 Å². The van der Waals surface area contributed by atoms with Gasteiger partial charge in [0.15, 0.2) is 0 Å². The maximum atomic E-state index is 14.0. The van der Waals surface area contributed by atoms with Gasteiger partial charge >= 0.3 is 0 Å². The van der Waals surface area contributed by atoms with E-state index in [1.165, 1.54) is 11.0 Å². The standard InChI is InChI=1S/C21H17F2NO/c1-24(21(25)18-13-12-17(22)14-19(18)23)20(15-8-4-2-5-9-15)16-10-6-3-7-11-16/h2-14,20H,1H3. The number of amides is 1. The predicted octanol–water partition coefficient (Wildman–Crippen LogP) is 4.83. The van der Waals surface area contributed by atoms with E-state index in [0.29, 0.717) is 0 Å². The highest BCUT2D eigenvalue weighted by Crippen LogP contribution is 2.29. The van der Waals surface area contributed by atoms with E-state index in [1.54, 1.807) is 7.05 Å². The number of rotatable bonds is 4. The van der Waals surface area contributed by atoms with Crippen LogP contribution in [0.4, 0.5) is 8.78 Å². The first kappa shape index (κ1) is 16.8. The van der Waals surface area contributed by atoms with Gasteiger partial charge in [-0.2, -0.15) is 0 Å². The number of carbonyl (C=O) groups excluding carboxylic acids is 1. The van der Waals surface area contributed by atoms with Crippen molar-refractivity contribution >= 4 is 5.91 Å². The molecule has 0 atom stereocenters. The summed E-state index contributed by atoms with van der Waals surface area (Å²) in [5.41, 5.74) is 1.67. The Labute approximate surface area is 145 Å². The Bertz CT molecular complexity index is 826. The SMILES string of the molecule is CN(C(=O)c1ccc(F)cc1F)C(c1ccccc1)c1ccccc1. The van der Waals surface area contributed by atoms with Crippen molar-refractivity contribution in [1.29, 1.82) is 0 Å². The summed E-state index contributed by atoms with van der Waals surface area (Å²) in [5.74, 6) is -2.08. The molecule has 0 aliphatic heterocycles. The molecule has 0 spiro atoms. The van der Waals surface area contributed by atoms with E-state index in [4.69, 9.17) is 0 Å². The van der Waals surface area contributed by atoms with Crippen LogP contribution in [0.3, 0.4) is 0 Å². The molecule has 0 aliphatic rings. The third-order valence-electron chi connectivity index (χ3n) is 4.10. The smallest absolute Gasteiger partial charge is 0.257 e. The molecule has 0 fully saturated rings. The maximum Gasteiger partial charge on any atom is 0.257 e. The zero-order chi connectivity index (χ0) is 17.8. The van der Waals surface area contributed by atoms with Crippen molar-refractivity contribution in [1.82, 2.24) is 4.90 Å². The molecule has 1 amide bonds. The molecule has 2 nitrogen and oxygen atoms in total. The molecule has 0 aliphatic carbocycles. The lowest BCUT2D eigenvalue weighted by molar-refractivity contribution is 0.0750. The zero-order valence-corrected chi connectivity index (χ0v) is 13.7. The highest BCUT2D eigenvalue weighted by molar-refractivity contribution is 5.94. The first-order chi connectivity index (χ1) is 12.1. The second kappa shape index (κ2) is 7.26. The molecule has 3 aromatic carbocycles. The molecule has 0 saturated heterocycles. The van der Waals surface area contributed by atoms with Gasteiger partial charge < -0.3 is 4.90 Å². The number of halogens is 2. The fourth-order valence-corrected chi connectivity index (χ4v) is 2.88. The van der Waals surface area contributed by atoms with Gasteiger partial charge in [-0.05, 0) is 23.3 Å². The van der Waals surface area contributed by atoms with Crippen LogP contribution in [-0.4, -0.2) is 17.9 Å². The molecule has 4 heteroatoms. The molecular weight excluding hydrogens is 320 g/mol. The Morgan fingerprint density at radius 2 is 1.36 bits per heavy atom. The molecule has 0 bridgehead atoms. The highest BCUT2D eigenvalue weighted by Gasteiger charge is 2.26. The van der Waals surface area contributed by atoms with Crippen LogP contribution in [0.25, 0.3) is 0 Å². The fourth-order valence-electron chi connectivity index (χ4n) is 2.88. The molecule has 0 unspecified atom stereocenters. The second-order valence-corrected chi connectivity index (χ2v) is 5.76.